The molecule has 0 bridgehead atoms. The van der Waals surface area contributed by atoms with Crippen molar-refractivity contribution < 1.29 is 14.5 Å². The number of hydrogen-bond acceptors (Lipinski definition) is 6. The number of aromatic amines is 1. The molecule has 2 heterocycles. The summed E-state index contributed by atoms with van der Waals surface area (Å²) >= 11 is 0. The molecule has 1 aromatic rings. The van der Waals surface area contributed by atoms with E-state index >= 15 is 0 Å². The van der Waals surface area contributed by atoms with Crippen LogP contribution in [0.3, 0.4) is 0 Å². The Kier molecular flexibility index (Phi) is 3.68. The number of nitrogens with zero attached hydrogens (tertiary/aromatic N) is 3. The second-order valence-electron chi connectivity index (χ2n) is 3.57. The number of nitrogens with one attached hydrogen (secondary N) is 1. The Morgan fingerprint density at radius 2 is 2.44 bits per heavy atom. The monoisotopic (exact) mass is 252 g/mol. The number of hydroxylamine groups is 2. The fraction of sp³-hybridized carbons (Fsp3) is 0.400. The maximum absolute atomic E-state index is 11.6. The Balaban J connectivity index is 1.92. The minimum atomic E-state index is -0.644. The van der Waals surface area contributed by atoms with Crippen LogP contribution >= 0.6 is 0 Å². The summed E-state index contributed by atoms with van der Waals surface area (Å²) in [5.41, 5.74) is -0.0227. The molecule has 2 rings (SSSR count). The van der Waals surface area contributed by atoms with E-state index < -0.39 is 11.8 Å². The summed E-state index contributed by atoms with van der Waals surface area (Å²) in [7, 11) is 1.42. The molecule has 1 unspecified atom stereocenters. The normalized spacial score (nSPS) is 19.7. The second-order valence-corrected chi connectivity index (χ2v) is 3.57. The summed E-state index contributed by atoms with van der Waals surface area (Å²) in [5, 5.41) is 4.87. The van der Waals surface area contributed by atoms with Gasteiger partial charge in [0.2, 0.25) is 6.10 Å². The van der Waals surface area contributed by atoms with Crippen molar-refractivity contribution in [3.8, 4) is 0 Å². The molecule has 1 N–H and O–H groups in total. The van der Waals surface area contributed by atoms with Crippen molar-refractivity contribution in [2.75, 3.05) is 13.7 Å². The van der Waals surface area contributed by atoms with Crippen LogP contribution in [0.1, 0.15) is 12.1 Å². The molecule has 1 aromatic heterocycles. The highest BCUT2D eigenvalue weighted by Crippen LogP contribution is 2.14. The summed E-state index contributed by atoms with van der Waals surface area (Å²) in [6.45, 7) is 0.474. The third-order valence-corrected chi connectivity index (χ3v) is 2.41. The average molecular weight is 252 g/mol. The Bertz CT molecular complexity index is 513. The van der Waals surface area contributed by atoms with E-state index in [1.54, 1.807) is 6.07 Å². The summed E-state index contributed by atoms with van der Waals surface area (Å²) in [4.78, 5) is 38.3. The topological polar surface area (TPSA) is 96.9 Å². The zero-order chi connectivity index (χ0) is 13.0. The number of carbonyl (C=O) groups is 1. The highest BCUT2D eigenvalue weighted by Gasteiger charge is 2.34. The number of hydrogen-bond donors (Lipinski definition) is 1. The van der Waals surface area contributed by atoms with Gasteiger partial charge in [-0.2, -0.15) is 0 Å². The van der Waals surface area contributed by atoms with Gasteiger partial charge in [0.15, 0.2) is 0 Å². The summed E-state index contributed by atoms with van der Waals surface area (Å²) in [6, 6.07) is 1.56. The molecule has 8 heteroatoms. The average Bonchev–Trinajstić information content (AvgIpc) is 2.71. The Morgan fingerprint density at radius 1 is 1.61 bits per heavy atom. The first-order chi connectivity index (χ1) is 8.70. The number of amides is 1. The molecule has 0 radical (unpaired) electrons. The molecule has 0 spiro atoms. The van der Waals surface area contributed by atoms with Gasteiger partial charge in [-0.1, -0.05) is 5.16 Å². The Morgan fingerprint density at radius 3 is 3.11 bits per heavy atom. The number of oxime groups is 1. The zero-order valence-electron chi connectivity index (χ0n) is 9.70. The highest BCUT2D eigenvalue weighted by atomic mass is 16.7. The van der Waals surface area contributed by atoms with E-state index in [0.717, 1.165) is 0 Å². The van der Waals surface area contributed by atoms with Crippen LogP contribution < -0.4 is 5.69 Å². The molecule has 18 heavy (non-hydrogen) atoms. The van der Waals surface area contributed by atoms with Crippen molar-refractivity contribution in [2.45, 2.75) is 12.5 Å². The molecular weight excluding hydrogens is 240 g/mol. The highest BCUT2D eigenvalue weighted by molar-refractivity contribution is 5.82. The van der Waals surface area contributed by atoms with E-state index in [2.05, 4.69) is 15.1 Å². The number of rotatable bonds is 4. The lowest BCUT2D eigenvalue weighted by Gasteiger charge is -2.11. The minimum Gasteiger partial charge on any atom is -0.382 e. The van der Waals surface area contributed by atoms with E-state index in [0.29, 0.717) is 18.7 Å². The first-order valence-electron chi connectivity index (χ1n) is 5.30. The van der Waals surface area contributed by atoms with Crippen molar-refractivity contribution in [1.82, 2.24) is 15.0 Å². The van der Waals surface area contributed by atoms with Crippen molar-refractivity contribution in [3.05, 3.63) is 28.4 Å². The van der Waals surface area contributed by atoms with Crippen molar-refractivity contribution in [1.29, 1.82) is 0 Å². The molecule has 0 aromatic carbocycles. The lowest BCUT2D eigenvalue weighted by atomic mass is 10.3. The van der Waals surface area contributed by atoms with Crippen molar-refractivity contribution in [2.24, 2.45) is 5.16 Å². The number of H-pyrrole nitrogens is 1. The van der Waals surface area contributed by atoms with Crippen LogP contribution in [0.4, 0.5) is 0 Å². The first-order valence-corrected chi connectivity index (χ1v) is 5.30. The molecule has 0 saturated carbocycles. The van der Waals surface area contributed by atoms with Crippen LogP contribution in [0.2, 0.25) is 0 Å². The number of aromatic nitrogens is 2. The van der Waals surface area contributed by atoms with E-state index in [-0.39, 0.29) is 5.91 Å². The molecule has 1 aliphatic rings. The Hall–Kier alpha value is -2.22. The lowest BCUT2D eigenvalue weighted by molar-refractivity contribution is -0.173. The molecule has 8 nitrogen and oxygen atoms in total. The molecule has 0 aliphatic carbocycles. The maximum Gasteiger partial charge on any atom is 0.345 e. The molecule has 1 saturated heterocycles. The van der Waals surface area contributed by atoms with Gasteiger partial charge in [0.05, 0.1) is 25.6 Å². The van der Waals surface area contributed by atoms with E-state index in [1.807, 2.05) is 0 Å². The van der Waals surface area contributed by atoms with Gasteiger partial charge in [-0.25, -0.2) is 14.8 Å². The van der Waals surface area contributed by atoms with Gasteiger partial charge in [0.1, 0.15) is 0 Å². The SMILES string of the molecule is CON1CCC(O/N=C/c2ccnc(=O)[nH]2)C1=O. The largest absolute Gasteiger partial charge is 0.382 e. The van der Waals surface area contributed by atoms with E-state index in [1.165, 1.54) is 24.6 Å². The van der Waals surface area contributed by atoms with Crippen molar-refractivity contribution >= 4 is 12.1 Å². The molecule has 1 atom stereocenters. The second kappa shape index (κ2) is 5.41. The zero-order valence-corrected chi connectivity index (χ0v) is 9.70. The van der Waals surface area contributed by atoms with Gasteiger partial charge < -0.3 is 9.82 Å². The molecular formula is C10H12N4O4. The fourth-order valence-electron chi connectivity index (χ4n) is 1.53. The van der Waals surface area contributed by atoms with Crippen LogP contribution in [0.5, 0.6) is 0 Å². The van der Waals surface area contributed by atoms with Crippen molar-refractivity contribution in [3.63, 3.8) is 0 Å². The quantitative estimate of drug-likeness (QED) is 0.563. The summed E-state index contributed by atoms with van der Waals surface area (Å²) in [6.07, 6.45) is 2.53. The smallest absolute Gasteiger partial charge is 0.345 e. The third-order valence-electron chi connectivity index (χ3n) is 2.41. The summed E-state index contributed by atoms with van der Waals surface area (Å²) in [5.74, 6) is -0.266. The van der Waals surface area contributed by atoms with E-state index in [4.69, 9.17) is 9.68 Å². The van der Waals surface area contributed by atoms with Gasteiger partial charge in [0.25, 0.3) is 5.91 Å². The fourth-order valence-corrected chi connectivity index (χ4v) is 1.53. The van der Waals surface area contributed by atoms with Gasteiger partial charge in [-0.15, -0.1) is 0 Å². The minimum absolute atomic E-state index is 0.266. The predicted molar refractivity (Wildman–Crippen MR) is 60.7 cm³/mol. The molecule has 1 fully saturated rings. The third kappa shape index (κ3) is 2.72. The van der Waals surface area contributed by atoms with Gasteiger partial charge in [-0.05, 0) is 6.07 Å². The van der Waals surface area contributed by atoms with E-state index in [9.17, 15) is 9.59 Å². The van der Waals surface area contributed by atoms with Gasteiger partial charge >= 0.3 is 5.69 Å². The Labute approximate surface area is 102 Å². The van der Waals surface area contributed by atoms with Crippen LogP contribution in [0.15, 0.2) is 22.2 Å². The standard InChI is InChI=1S/C10H12N4O4/c1-17-14-5-3-8(9(14)15)18-12-6-7-2-4-11-10(16)13-7/h2,4,6,8H,3,5H2,1H3,(H,11,13,16)/b12-6+. The van der Waals surface area contributed by atoms with Gasteiger partial charge in [0, 0.05) is 12.6 Å². The molecule has 1 aliphatic heterocycles. The van der Waals surface area contributed by atoms with Crippen LogP contribution in [0, 0.1) is 0 Å². The van der Waals surface area contributed by atoms with Crippen LogP contribution in [-0.4, -0.2) is 46.9 Å². The lowest BCUT2D eigenvalue weighted by Crippen LogP contribution is -2.29. The first kappa shape index (κ1) is 12.2. The molecule has 96 valence electrons. The maximum atomic E-state index is 11.6. The van der Waals surface area contributed by atoms with Crippen LogP contribution in [0.25, 0.3) is 0 Å². The number of carbonyl (C=O) groups excluding carboxylic acids is 1. The van der Waals surface area contributed by atoms with Gasteiger partial charge in [-0.3, -0.25) is 9.63 Å². The summed E-state index contributed by atoms with van der Waals surface area (Å²) < 4.78 is 0. The van der Waals surface area contributed by atoms with Crippen LogP contribution in [-0.2, 0) is 14.5 Å². The predicted octanol–water partition coefficient (Wildman–Crippen LogP) is -0.717. The molecule has 1 amide bonds.